The number of hydrogen-bond acceptors (Lipinski definition) is 7. The summed E-state index contributed by atoms with van der Waals surface area (Å²) in [5, 5.41) is 10.4. The number of imidazole rings is 1. The molecule has 0 unspecified atom stereocenters. The van der Waals surface area contributed by atoms with Crippen molar-refractivity contribution in [2.45, 2.75) is 71.2 Å². The molecule has 0 saturated heterocycles. The lowest BCUT2D eigenvalue weighted by Crippen LogP contribution is -2.30. The lowest BCUT2D eigenvalue weighted by molar-refractivity contribution is -0.134. The number of carbonyl (C=O) groups is 4. The summed E-state index contributed by atoms with van der Waals surface area (Å²) in [4.78, 5) is 66.7. The minimum Gasteiger partial charge on any atom is -0.465 e. The number of unbranched alkanes of at least 4 members (excludes halogenated alkanes) is 1. The summed E-state index contributed by atoms with van der Waals surface area (Å²) in [5.41, 5.74) is -3.60. The molecular weight excluding hydrogens is 687 g/mol. The maximum atomic E-state index is 15.1. The Morgan fingerprint density at radius 2 is 1.67 bits per heavy atom. The molecule has 0 atom stereocenters. The fourth-order valence-corrected chi connectivity index (χ4v) is 4.23. The van der Waals surface area contributed by atoms with E-state index in [2.05, 4.69) is 10.3 Å². The molecule has 0 aliphatic rings. The molecule has 2 N–H and O–H groups in total. The van der Waals surface area contributed by atoms with Gasteiger partial charge in [0, 0.05) is 58.9 Å². The van der Waals surface area contributed by atoms with E-state index in [1.807, 2.05) is 0 Å². The van der Waals surface area contributed by atoms with Crippen molar-refractivity contribution in [1.29, 1.82) is 0 Å². The minimum atomic E-state index is -4.65. The molecule has 0 fully saturated rings. The van der Waals surface area contributed by atoms with Crippen molar-refractivity contribution in [3.8, 4) is 0 Å². The Kier molecular flexibility index (Phi) is 14.4. The van der Waals surface area contributed by atoms with Gasteiger partial charge >= 0.3 is 18.4 Å². The predicted molar refractivity (Wildman–Crippen MR) is 177 cm³/mol. The van der Waals surface area contributed by atoms with Crippen LogP contribution in [0.3, 0.4) is 0 Å². The standard InChI is InChI=1S/C30H34F5N5O5.C3H7NO2/c1-29(2,3)45-28(44)40-22(37-25-18(13-14-30(33,34)35)19(31)16-20(32)26(25)40)17-39-15-9-10-21(27(39)43)36-23(41)11-7-6-8-12-24(42)38(4)5;1-4(2)3(5)6/h8-10,12,15-16H,6-7,11,13-14,17H2,1-5H3,(H,36,41);1-2H3,(H,5,6)/b12-8+;. The van der Waals surface area contributed by atoms with Crippen LogP contribution in [0.15, 0.2) is 41.3 Å². The largest absolute Gasteiger partial charge is 0.465 e. The number of anilines is 1. The van der Waals surface area contributed by atoms with Crippen LogP contribution >= 0.6 is 0 Å². The van der Waals surface area contributed by atoms with E-state index in [-0.39, 0.29) is 23.8 Å². The topological polar surface area (TPSA) is 156 Å². The van der Waals surface area contributed by atoms with Crippen LogP contribution in [0, 0.1) is 11.6 Å². The summed E-state index contributed by atoms with van der Waals surface area (Å²) in [5.74, 6) is -3.54. The summed E-state index contributed by atoms with van der Waals surface area (Å²) in [6.07, 6.45) is -3.82. The number of aryl methyl sites for hydroxylation is 1. The molecule has 3 amide bonds. The van der Waals surface area contributed by atoms with Crippen LogP contribution in [0.25, 0.3) is 11.0 Å². The van der Waals surface area contributed by atoms with Crippen molar-refractivity contribution in [2.75, 3.05) is 33.5 Å². The van der Waals surface area contributed by atoms with Gasteiger partial charge < -0.3 is 29.5 Å². The SMILES string of the molecule is CN(C)C(=O)/C=C/CCCC(=O)Nc1cccn(Cc2nc3c(CCC(F)(F)F)c(F)cc(F)c3n2C(=O)OC(C)(C)C)c1=O.CN(C)C(=O)O. The third kappa shape index (κ3) is 12.8. The molecule has 1 aromatic carbocycles. The molecule has 18 heteroatoms. The zero-order chi connectivity index (χ0) is 38.8. The highest BCUT2D eigenvalue weighted by atomic mass is 19.4. The van der Waals surface area contributed by atoms with Crippen LogP contribution < -0.4 is 10.9 Å². The van der Waals surface area contributed by atoms with Crippen molar-refractivity contribution >= 4 is 40.7 Å². The van der Waals surface area contributed by atoms with E-state index in [1.165, 1.54) is 64.2 Å². The molecular formula is C33H41F5N6O7. The molecule has 3 aromatic rings. The monoisotopic (exact) mass is 728 g/mol. The second-order valence-electron chi connectivity index (χ2n) is 12.6. The van der Waals surface area contributed by atoms with E-state index in [9.17, 15) is 41.5 Å². The maximum absolute atomic E-state index is 15.1. The number of carboxylic acid groups (broad SMARTS) is 1. The number of rotatable bonds is 10. The number of aromatic nitrogens is 3. The zero-order valence-corrected chi connectivity index (χ0v) is 29.2. The number of nitrogens with one attached hydrogen (secondary N) is 1. The summed E-state index contributed by atoms with van der Waals surface area (Å²) >= 11 is 0. The van der Waals surface area contributed by atoms with E-state index in [4.69, 9.17) is 9.84 Å². The molecule has 51 heavy (non-hydrogen) atoms. The van der Waals surface area contributed by atoms with E-state index in [0.29, 0.717) is 23.5 Å². The molecule has 0 spiro atoms. The van der Waals surface area contributed by atoms with Crippen LogP contribution in [0.2, 0.25) is 0 Å². The van der Waals surface area contributed by atoms with Crippen molar-refractivity contribution in [3.63, 3.8) is 0 Å². The average molecular weight is 729 g/mol. The molecule has 0 bridgehead atoms. The van der Waals surface area contributed by atoms with Gasteiger partial charge in [0.2, 0.25) is 11.8 Å². The number of alkyl halides is 3. The molecule has 0 radical (unpaired) electrons. The van der Waals surface area contributed by atoms with Crippen molar-refractivity contribution < 1.29 is 51.0 Å². The Morgan fingerprint density at radius 3 is 2.22 bits per heavy atom. The number of nitrogens with zero attached hydrogens (tertiary/aromatic N) is 5. The Bertz CT molecular complexity index is 1830. The molecule has 0 saturated carbocycles. The molecule has 2 heterocycles. The summed E-state index contributed by atoms with van der Waals surface area (Å²) in [7, 11) is 6.16. The van der Waals surface area contributed by atoms with E-state index in [0.717, 1.165) is 9.47 Å². The van der Waals surface area contributed by atoms with Crippen molar-refractivity contribution in [2.24, 2.45) is 0 Å². The fourth-order valence-electron chi connectivity index (χ4n) is 4.23. The Hall–Kier alpha value is -5.29. The Balaban J connectivity index is 0.00000138. The molecule has 0 aliphatic carbocycles. The lowest BCUT2D eigenvalue weighted by atomic mass is 10.1. The normalized spacial score (nSPS) is 11.6. The highest BCUT2D eigenvalue weighted by Gasteiger charge is 2.31. The third-order valence-electron chi connectivity index (χ3n) is 6.70. The number of benzene rings is 1. The van der Waals surface area contributed by atoms with Crippen molar-refractivity contribution in [1.82, 2.24) is 23.9 Å². The molecule has 2 aromatic heterocycles. The van der Waals surface area contributed by atoms with Gasteiger partial charge in [-0.05, 0) is 58.2 Å². The zero-order valence-electron chi connectivity index (χ0n) is 29.2. The number of likely N-dealkylation sites (N-methyl/N-ethyl adjacent to an activating group) is 1. The Morgan fingerprint density at radius 1 is 1.04 bits per heavy atom. The van der Waals surface area contributed by atoms with Gasteiger partial charge in [-0.1, -0.05) is 6.08 Å². The highest BCUT2D eigenvalue weighted by molar-refractivity contribution is 5.91. The number of ether oxygens (including phenoxy) is 1. The first-order valence-corrected chi connectivity index (χ1v) is 15.5. The summed E-state index contributed by atoms with van der Waals surface area (Å²) in [6, 6.07) is 3.13. The van der Waals surface area contributed by atoms with Crippen LogP contribution in [0.4, 0.5) is 37.2 Å². The van der Waals surface area contributed by atoms with Gasteiger partial charge in [-0.25, -0.2) is 27.9 Å². The molecule has 3 rings (SSSR count). The second-order valence-corrected chi connectivity index (χ2v) is 12.6. The maximum Gasteiger partial charge on any atom is 0.420 e. The number of amides is 3. The summed E-state index contributed by atoms with van der Waals surface area (Å²) in [6.45, 7) is 4.08. The molecule has 0 aliphatic heterocycles. The van der Waals surface area contributed by atoms with Crippen LogP contribution in [0.1, 0.15) is 57.8 Å². The van der Waals surface area contributed by atoms with Crippen LogP contribution in [-0.2, 0) is 27.3 Å². The minimum absolute atomic E-state index is 0.0365. The van der Waals surface area contributed by atoms with Crippen molar-refractivity contribution in [3.05, 3.63) is 69.9 Å². The fraction of sp³-hybridized carbons (Fsp3) is 0.455. The molecule has 13 nitrogen and oxygen atoms in total. The van der Waals surface area contributed by atoms with Gasteiger partial charge in [0.05, 0.1) is 12.1 Å². The number of allylic oxidation sites excluding steroid dienone is 1. The number of halogens is 5. The number of hydrogen-bond donors (Lipinski definition) is 2. The Labute approximate surface area is 290 Å². The van der Waals surface area contributed by atoms with E-state index in [1.54, 1.807) is 20.2 Å². The van der Waals surface area contributed by atoms with Gasteiger partial charge in [-0.15, -0.1) is 0 Å². The van der Waals surface area contributed by atoms with Gasteiger partial charge in [0.25, 0.3) is 5.56 Å². The van der Waals surface area contributed by atoms with Gasteiger partial charge in [0.1, 0.15) is 28.4 Å². The average Bonchev–Trinajstić information content (AvgIpc) is 3.37. The van der Waals surface area contributed by atoms with Gasteiger partial charge in [-0.3, -0.25) is 14.4 Å². The van der Waals surface area contributed by atoms with Gasteiger partial charge in [0.15, 0.2) is 5.82 Å². The second kappa shape index (κ2) is 17.6. The highest BCUT2D eigenvalue weighted by Crippen LogP contribution is 2.31. The summed E-state index contributed by atoms with van der Waals surface area (Å²) < 4.78 is 75.9. The number of pyridine rings is 1. The van der Waals surface area contributed by atoms with Gasteiger partial charge in [-0.2, -0.15) is 13.2 Å². The lowest BCUT2D eigenvalue weighted by Gasteiger charge is -2.20. The van der Waals surface area contributed by atoms with Crippen LogP contribution in [0.5, 0.6) is 0 Å². The van der Waals surface area contributed by atoms with E-state index >= 15 is 4.39 Å². The van der Waals surface area contributed by atoms with E-state index < -0.39 is 83.0 Å². The van der Waals surface area contributed by atoms with Crippen LogP contribution in [-0.4, -0.2) is 93.0 Å². The quantitative estimate of drug-likeness (QED) is 0.151. The first-order chi connectivity index (χ1) is 23.5. The predicted octanol–water partition coefficient (Wildman–Crippen LogP) is 5.78. The molecule has 280 valence electrons. The first-order valence-electron chi connectivity index (χ1n) is 15.5. The number of carbonyl (C=O) groups excluding carboxylic acids is 3. The number of fused-ring (bicyclic) bond motifs is 1. The third-order valence-corrected chi connectivity index (χ3v) is 6.70. The smallest absolute Gasteiger partial charge is 0.420 e. The first kappa shape index (κ1) is 41.9.